The minimum atomic E-state index is -4.70. The fraction of sp³-hybridized carbons (Fsp3) is 0.364. The Kier molecular flexibility index (Phi) is 6.73. The Morgan fingerprint density at radius 3 is 2.61 bits per heavy atom. The standard InChI is InChI=1S/C22H23F3N4O4/c1-4-21(2,32)8-9-29-12-13-10-17(14(20(31)33-3)11-16(13)28-29)27-19(30)15-6-5-7-18(26-15)22(23,24)25/h5-7,10-12,32H,4,8-9H2,1-3H3,(H,27,30). The molecule has 8 nitrogen and oxygen atoms in total. The predicted octanol–water partition coefficient (Wildman–Crippen LogP) is 4.04. The number of esters is 1. The van der Waals surface area contributed by atoms with Crippen LogP contribution in [0.2, 0.25) is 0 Å². The van der Waals surface area contributed by atoms with Gasteiger partial charge in [-0.25, -0.2) is 9.78 Å². The van der Waals surface area contributed by atoms with Crippen molar-refractivity contribution in [1.82, 2.24) is 14.8 Å². The molecule has 0 saturated carbocycles. The lowest BCUT2D eigenvalue weighted by Gasteiger charge is -2.20. The van der Waals surface area contributed by atoms with Crippen molar-refractivity contribution in [2.75, 3.05) is 12.4 Å². The molecule has 2 aromatic heterocycles. The fourth-order valence-corrected chi connectivity index (χ4v) is 3.06. The van der Waals surface area contributed by atoms with Crippen LogP contribution in [0.5, 0.6) is 0 Å². The average molecular weight is 464 g/mol. The molecule has 3 rings (SSSR count). The van der Waals surface area contributed by atoms with E-state index in [0.717, 1.165) is 25.3 Å². The highest BCUT2D eigenvalue weighted by atomic mass is 19.4. The molecule has 0 spiro atoms. The first kappa shape index (κ1) is 24.2. The van der Waals surface area contributed by atoms with E-state index in [2.05, 4.69) is 15.4 Å². The molecule has 0 radical (unpaired) electrons. The third kappa shape index (κ3) is 5.67. The van der Waals surface area contributed by atoms with E-state index < -0.39 is 35.0 Å². The Balaban J connectivity index is 1.94. The van der Waals surface area contributed by atoms with Crippen LogP contribution in [0.1, 0.15) is 53.2 Å². The van der Waals surface area contributed by atoms with Gasteiger partial charge in [-0.1, -0.05) is 13.0 Å². The second-order valence-electron chi connectivity index (χ2n) is 7.80. The maximum Gasteiger partial charge on any atom is 0.433 e. The minimum absolute atomic E-state index is 0.0175. The molecule has 0 aliphatic rings. The largest absolute Gasteiger partial charge is 0.465 e. The van der Waals surface area contributed by atoms with Gasteiger partial charge in [0.25, 0.3) is 5.91 Å². The van der Waals surface area contributed by atoms with E-state index in [1.807, 2.05) is 6.92 Å². The van der Waals surface area contributed by atoms with E-state index >= 15 is 0 Å². The number of anilines is 1. The number of nitrogens with one attached hydrogen (secondary N) is 1. The van der Waals surface area contributed by atoms with E-state index in [4.69, 9.17) is 4.74 Å². The number of ether oxygens (including phenoxy) is 1. The lowest BCUT2D eigenvalue weighted by atomic mass is 10.00. The molecule has 2 N–H and O–H groups in total. The number of hydrogen-bond donors (Lipinski definition) is 2. The lowest BCUT2D eigenvalue weighted by molar-refractivity contribution is -0.141. The smallest absolute Gasteiger partial charge is 0.433 e. The van der Waals surface area contributed by atoms with E-state index in [9.17, 15) is 27.9 Å². The van der Waals surface area contributed by atoms with Crippen molar-refractivity contribution in [3.8, 4) is 0 Å². The number of rotatable bonds is 7. The van der Waals surface area contributed by atoms with Crippen molar-refractivity contribution >= 4 is 28.5 Å². The Morgan fingerprint density at radius 2 is 1.97 bits per heavy atom. The summed E-state index contributed by atoms with van der Waals surface area (Å²) in [6.45, 7) is 4.01. The maximum absolute atomic E-state index is 12.9. The minimum Gasteiger partial charge on any atom is -0.465 e. The maximum atomic E-state index is 12.9. The van der Waals surface area contributed by atoms with Crippen LogP contribution in [0.25, 0.3) is 10.9 Å². The second kappa shape index (κ2) is 9.18. The zero-order chi connectivity index (χ0) is 24.4. The number of nitrogens with zero attached hydrogens (tertiary/aromatic N) is 3. The van der Waals surface area contributed by atoms with Crippen molar-refractivity contribution in [3.05, 3.63) is 53.5 Å². The number of methoxy groups -OCH3 is 1. The molecule has 3 aromatic rings. The van der Waals surface area contributed by atoms with Crippen LogP contribution in [-0.4, -0.2) is 44.5 Å². The van der Waals surface area contributed by atoms with E-state index in [1.165, 1.54) is 12.1 Å². The van der Waals surface area contributed by atoms with Gasteiger partial charge in [-0.3, -0.25) is 9.48 Å². The van der Waals surface area contributed by atoms with Gasteiger partial charge in [0.15, 0.2) is 0 Å². The highest BCUT2D eigenvalue weighted by molar-refractivity contribution is 6.09. The monoisotopic (exact) mass is 464 g/mol. The van der Waals surface area contributed by atoms with E-state index in [1.54, 1.807) is 17.8 Å². The molecule has 0 bridgehead atoms. The Hall–Kier alpha value is -3.47. The van der Waals surface area contributed by atoms with Gasteiger partial charge in [0.1, 0.15) is 11.4 Å². The normalized spacial score (nSPS) is 13.5. The molecule has 1 amide bonds. The van der Waals surface area contributed by atoms with E-state index in [0.29, 0.717) is 30.3 Å². The highest BCUT2D eigenvalue weighted by Gasteiger charge is 2.33. The summed E-state index contributed by atoms with van der Waals surface area (Å²) in [4.78, 5) is 28.2. The number of amides is 1. The lowest BCUT2D eigenvalue weighted by Crippen LogP contribution is -2.24. The van der Waals surface area contributed by atoms with Crippen molar-refractivity contribution in [2.45, 2.75) is 45.0 Å². The first-order chi connectivity index (χ1) is 15.4. The fourth-order valence-electron chi connectivity index (χ4n) is 3.06. The summed E-state index contributed by atoms with van der Waals surface area (Å²) >= 11 is 0. The summed E-state index contributed by atoms with van der Waals surface area (Å²) < 4.78 is 45.2. The van der Waals surface area contributed by atoms with Crippen LogP contribution in [0.15, 0.2) is 36.5 Å². The first-order valence-corrected chi connectivity index (χ1v) is 10.1. The number of carbonyl (C=O) groups is 2. The molecule has 0 saturated heterocycles. The van der Waals surface area contributed by atoms with Crippen LogP contribution in [0.4, 0.5) is 18.9 Å². The van der Waals surface area contributed by atoms with Gasteiger partial charge < -0.3 is 15.2 Å². The van der Waals surface area contributed by atoms with Gasteiger partial charge in [0, 0.05) is 18.1 Å². The Bertz CT molecular complexity index is 1190. The summed E-state index contributed by atoms with van der Waals surface area (Å²) in [6, 6.07) is 5.87. The molecule has 0 aliphatic carbocycles. The van der Waals surface area contributed by atoms with Crippen LogP contribution < -0.4 is 5.32 Å². The Labute approximate surface area is 187 Å². The number of halogens is 3. The number of pyridine rings is 1. The number of carbonyl (C=O) groups excluding carboxylic acids is 2. The predicted molar refractivity (Wildman–Crippen MR) is 114 cm³/mol. The van der Waals surface area contributed by atoms with Gasteiger partial charge >= 0.3 is 12.1 Å². The number of hydrogen-bond acceptors (Lipinski definition) is 6. The number of aryl methyl sites for hydroxylation is 1. The number of fused-ring (bicyclic) bond motifs is 1. The van der Waals surface area contributed by atoms with Crippen LogP contribution in [0.3, 0.4) is 0 Å². The van der Waals surface area contributed by atoms with Crippen molar-refractivity contribution in [3.63, 3.8) is 0 Å². The van der Waals surface area contributed by atoms with Gasteiger partial charge in [-0.2, -0.15) is 18.3 Å². The molecule has 1 aromatic carbocycles. The quantitative estimate of drug-likeness (QED) is 0.511. The van der Waals surface area contributed by atoms with Crippen molar-refractivity contribution in [2.24, 2.45) is 0 Å². The van der Waals surface area contributed by atoms with E-state index in [-0.39, 0.29) is 11.3 Å². The molecule has 0 aliphatic heterocycles. The number of aliphatic hydroxyl groups is 1. The molecule has 176 valence electrons. The number of aromatic nitrogens is 3. The number of benzene rings is 1. The molecule has 1 atom stereocenters. The average Bonchev–Trinajstić information content (AvgIpc) is 3.18. The molecular formula is C22H23F3N4O4. The van der Waals surface area contributed by atoms with Crippen LogP contribution in [-0.2, 0) is 17.5 Å². The van der Waals surface area contributed by atoms with Crippen LogP contribution in [0, 0.1) is 0 Å². The molecule has 11 heteroatoms. The number of alkyl halides is 3. The summed E-state index contributed by atoms with van der Waals surface area (Å²) in [5, 5.41) is 17.6. The molecule has 1 unspecified atom stereocenters. The third-order valence-corrected chi connectivity index (χ3v) is 5.26. The van der Waals surface area contributed by atoms with Crippen LogP contribution >= 0.6 is 0 Å². The molecule has 33 heavy (non-hydrogen) atoms. The summed E-state index contributed by atoms with van der Waals surface area (Å²) in [5.74, 6) is -1.68. The molecular weight excluding hydrogens is 441 g/mol. The summed E-state index contributed by atoms with van der Waals surface area (Å²) in [7, 11) is 1.16. The second-order valence-corrected chi connectivity index (χ2v) is 7.80. The molecule has 2 heterocycles. The van der Waals surface area contributed by atoms with Gasteiger partial charge in [-0.15, -0.1) is 0 Å². The third-order valence-electron chi connectivity index (χ3n) is 5.26. The van der Waals surface area contributed by atoms with Gasteiger partial charge in [0.05, 0.1) is 29.5 Å². The zero-order valence-corrected chi connectivity index (χ0v) is 18.2. The van der Waals surface area contributed by atoms with Gasteiger partial charge in [-0.05, 0) is 44.0 Å². The first-order valence-electron chi connectivity index (χ1n) is 10.1. The molecule has 0 fully saturated rings. The van der Waals surface area contributed by atoms with Gasteiger partial charge in [0.2, 0.25) is 0 Å². The zero-order valence-electron chi connectivity index (χ0n) is 18.2. The summed E-state index contributed by atoms with van der Waals surface area (Å²) in [5.41, 5.74) is -2.05. The van der Waals surface area contributed by atoms with Crippen molar-refractivity contribution in [1.29, 1.82) is 0 Å². The Morgan fingerprint density at radius 1 is 1.24 bits per heavy atom. The SMILES string of the molecule is CCC(C)(O)CCn1cc2cc(NC(=O)c3cccc(C(F)(F)F)n3)c(C(=O)OC)cc2n1. The summed E-state index contributed by atoms with van der Waals surface area (Å²) in [6.07, 6.45) is -2.00. The topological polar surface area (TPSA) is 106 Å². The van der Waals surface area contributed by atoms with Crippen molar-refractivity contribution < 1.29 is 32.6 Å². The highest BCUT2D eigenvalue weighted by Crippen LogP contribution is 2.28.